The van der Waals surface area contributed by atoms with Crippen LogP contribution in [0.25, 0.3) is 0 Å². The number of ether oxygens (including phenoxy) is 2. The van der Waals surface area contributed by atoms with Crippen LogP contribution in [0, 0.1) is 20.8 Å². The maximum atomic E-state index is 12.8. The lowest BCUT2D eigenvalue weighted by Crippen LogP contribution is -2.37. The second-order valence-electron chi connectivity index (χ2n) is 18.3. The molecule has 2 rings (SSSR count). The molecule has 0 fully saturated rings. The number of hydrogen-bond donors (Lipinski definition) is 1. The van der Waals surface area contributed by atoms with Crippen LogP contribution < -0.4 is 0 Å². The van der Waals surface area contributed by atoms with Gasteiger partial charge in [0.1, 0.15) is 42.8 Å². The molecule has 12 heteroatoms. The quantitative estimate of drug-likeness (QED) is 0.0300. The Balaban J connectivity index is 1.63. The van der Waals surface area contributed by atoms with E-state index >= 15 is 0 Å². The number of unbranched alkanes of at least 4 members (excludes halogenated alkanes) is 16. The van der Waals surface area contributed by atoms with Crippen LogP contribution in [0.5, 0.6) is 0 Å². The van der Waals surface area contributed by atoms with Crippen molar-refractivity contribution >= 4 is 19.8 Å². The van der Waals surface area contributed by atoms with Crippen LogP contribution in [0.4, 0.5) is 0 Å². The summed E-state index contributed by atoms with van der Waals surface area (Å²) in [5.74, 6) is 3.74. The van der Waals surface area contributed by atoms with Crippen LogP contribution in [0.15, 0.2) is 14.9 Å². The van der Waals surface area contributed by atoms with Gasteiger partial charge >= 0.3 is 19.8 Å². The van der Waals surface area contributed by atoms with Crippen molar-refractivity contribution < 1.29 is 50.9 Å². The molecule has 2 unspecified atom stereocenters. The zero-order chi connectivity index (χ0) is 44.9. The molecule has 0 radical (unpaired) electrons. The minimum atomic E-state index is -4.40. The number of quaternary nitrogens is 1. The highest BCUT2D eigenvalue weighted by molar-refractivity contribution is 7.47. The highest BCUT2D eigenvalue weighted by Crippen LogP contribution is 2.43. The van der Waals surface area contributed by atoms with Gasteiger partial charge in [-0.1, -0.05) is 104 Å². The zero-order valence-electron chi connectivity index (χ0n) is 39.9. The SMILES string of the molecule is CCCCCc1oc(CCCCCCCCCCC(=O)OC(COC(=O)CCCCCCCCCCc2oc(CCC)cc2C)COP(=O)(O)OCC[N+](C)(C)C)c(C)c1C. The summed E-state index contributed by atoms with van der Waals surface area (Å²) in [6, 6.07) is 2.18. The number of hydrogen-bond acceptors (Lipinski definition) is 9. The second-order valence-corrected chi connectivity index (χ2v) is 19.7. The highest BCUT2D eigenvalue weighted by atomic mass is 31.2. The molecule has 0 saturated carbocycles. The van der Waals surface area contributed by atoms with E-state index in [0.29, 0.717) is 23.9 Å². The fourth-order valence-corrected chi connectivity index (χ4v) is 8.18. The Morgan fingerprint density at radius 1 is 0.623 bits per heavy atom. The first-order valence-corrected chi connectivity index (χ1v) is 25.6. The number of rotatable bonds is 38. The van der Waals surface area contributed by atoms with Crippen molar-refractivity contribution in [3.05, 3.63) is 45.8 Å². The summed E-state index contributed by atoms with van der Waals surface area (Å²) >= 11 is 0. The van der Waals surface area contributed by atoms with Gasteiger partial charge in [-0.05, 0) is 82.1 Å². The van der Waals surface area contributed by atoms with Crippen LogP contribution in [-0.2, 0) is 58.4 Å². The van der Waals surface area contributed by atoms with Gasteiger partial charge in [0.25, 0.3) is 0 Å². The lowest BCUT2D eigenvalue weighted by molar-refractivity contribution is -0.870. The third-order valence-electron chi connectivity index (χ3n) is 11.5. The second kappa shape index (κ2) is 31.4. The van der Waals surface area contributed by atoms with E-state index < -0.39 is 26.5 Å². The Morgan fingerprint density at radius 3 is 1.64 bits per heavy atom. The maximum Gasteiger partial charge on any atom is 0.472 e. The first kappa shape index (κ1) is 54.7. The average molecular weight is 881 g/mol. The van der Waals surface area contributed by atoms with E-state index in [-0.39, 0.29) is 32.0 Å². The summed E-state index contributed by atoms with van der Waals surface area (Å²) in [6.45, 7) is 10.8. The maximum absolute atomic E-state index is 12.8. The molecule has 0 aliphatic rings. The van der Waals surface area contributed by atoms with Gasteiger partial charge in [-0.25, -0.2) is 4.57 Å². The third-order valence-corrected chi connectivity index (χ3v) is 12.4. The van der Waals surface area contributed by atoms with Gasteiger partial charge in [-0.2, -0.15) is 0 Å². The minimum Gasteiger partial charge on any atom is -0.466 e. The number of likely N-dealkylation sites (N-methyl/N-ethyl adjacent to an activating group) is 1. The number of phosphoric acid groups is 1. The van der Waals surface area contributed by atoms with Crippen LogP contribution in [-0.4, -0.2) is 74.9 Å². The molecular weight excluding hydrogens is 794 g/mol. The molecule has 0 aromatic carbocycles. The van der Waals surface area contributed by atoms with Crippen molar-refractivity contribution in [2.75, 3.05) is 47.5 Å². The topological polar surface area (TPSA) is 135 Å². The van der Waals surface area contributed by atoms with E-state index in [9.17, 15) is 19.0 Å². The molecule has 2 heterocycles. The largest absolute Gasteiger partial charge is 0.472 e. The first-order chi connectivity index (χ1) is 29.1. The van der Waals surface area contributed by atoms with E-state index in [1.807, 2.05) is 21.1 Å². The van der Waals surface area contributed by atoms with Crippen molar-refractivity contribution in [2.45, 2.75) is 208 Å². The summed E-state index contributed by atoms with van der Waals surface area (Å²) in [5, 5.41) is 0. The average Bonchev–Trinajstić information content (AvgIpc) is 3.69. The number of carbonyl (C=O) groups is 2. The molecule has 0 aliphatic heterocycles. The molecule has 352 valence electrons. The molecule has 0 bridgehead atoms. The van der Waals surface area contributed by atoms with Crippen molar-refractivity contribution in [3.8, 4) is 0 Å². The molecule has 0 aliphatic carbocycles. The Hall–Kier alpha value is -2.43. The molecule has 2 aromatic rings. The summed E-state index contributed by atoms with van der Waals surface area (Å²) in [7, 11) is 1.44. The Labute approximate surface area is 370 Å². The molecule has 2 aromatic heterocycles. The lowest BCUT2D eigenvalue weighted by Gasteiger charge is -2.24. The third kappa shape index (κ3) is 26.1. The summed E-state index contributed by atoms with van der Waals surface area (Å²) < 4.78 is 46.7. The predicted octanol–water partition coefficient (Wildman–Crippen LogP) is 12.6. The van der Waals surface area contributed by atoms with Crippen molar-refractivity contribution in [2.24, 2.45) is 0 Å². The van der Waals surface area contributed by atoms with Crippen LogP contribution in [0.2, 0.25) is 0 Å². The van der Waals surface area contributed by atoms with E-state index in [2.05, 4.69) is 40.7 Å². The predicted molar refractivity (Wildman–Crippen MR) is 245 cm³/mol. The monoisotopic (exact) mass is 881 g/mol. The Morgan fingerprint density at radius 2 is 1.11 bits per heavy atom. The molecular formula is C49H87NO10P+. The molecule has 2 atom stereocenters. The number of phosphoric ester groups is 1. The van der Waals surface area contributed by atoms with Gasteiger partial charge in [-0.3, -0.25) is 18.6 Å². The van der Waals surface area contributed by atoms with Gasteiger partial charge in [-0.15, -0.1) is 0 Å². The first-order valence-electron chi connectivity index (χ1n) is 24.1. The van der Waals surface area contributed by atoms with E-state index in [1.54, 1.807) is 0 Å². The summed E-state index contributed by atoms with van der Waals surface area (Å²) in [5.41, 5.74) is 3.92. The van der Waals surface area contributed by atoms with E-state index in [0.717, 1.165) is 101 Å². The number of carbonyl (C=O) groups excluding carboxylic acids is 2. The van der Waals surface area contributed by atoms with Gasteiger partial charge < -0.3 is 27.7 Å². The van der Waals surface area contributed by atoms with Crippen LogP contribution in [0.3, 0.4) is 0 Å². The van der Waals surface area contributed by atoms with Crippen LogP contribution >= 0.6 is 7.82 Å². The van der Waals surface area contributed by atoms with Gasteiger partial charge in [0, 0.05) is 38.5 Å². The number of esters is 2. The van der Waals surface area contributed by atoms with Crippen molar-refractivity contribution in [3.63, 3.8) is 0 Å². The van der Waals surface area contributed by atoms with Gasteiger partial charge in [0.2, 0.25) is 0 Å². The van der Waals surface area contributed by atoms with Crippen molar-refractivity contribution in [1.82, 2.24) is 0 Å². The Kier molecular flexibility index (Phi) is 28.2. The number of nitrogens with zero attached hydrogens (tertiary/aromatic N) is 1. The summed E-state index contributed by atoms with van der Waals surface area (Å²) in [6.07, 6.45) is 25.2. The Bertz CT molecular complexity index is 1530. The van der Waals surface area contributed by atoms with Crippen molar-refractivity contribution in [1.29, 1.82) is 0 Å². The fraction of sp³-hybridized carbons (Fsp3) is 0.796. The molecule has 61 heavy (non-hydrogen) atoms. The lowest BCUT2D eigenvalue weighted by atomic mass is 10.0. The minimum absolute atomic E-state index is 0.0203. The number of aryl methyl sites for hydroxylation is 5. The molecule has 0 spiro atoms. The van der Waals surface area contributed by atoms with Gasteiger partial charge in [0.15, 0.2) is 6.10 Å². The molecule has 0 amide bonds. The van der Waals surface area contributed by atoms with Gasteiger partial charge in [0.05, 0.1) is 27.7 Å². The molecule has 11 nitrogen and oxygen atoms in total. The van der Waals surface area contributed by atoms with E-state index in [1.165, 1.54) is 80.2 Å². The number of furan rings is 2. The zero-order valence-corrected chi connectivity index (χ0v) is 40.8. The molecule has 1 N–H and O–H groups in total. The standard InChI is InChI=1S/C49H86NO10P/c1-9-11-24-31-46-41(4)42(5)47(60-46)32-26-21-17-13-15-19-23-28-34-49(52)59-44(39-57-61(53,54)56-36-35-50(6,7)8)38-55-48(51)33-27-22-18-14-12-16-20-25-30-45-40(3)37-43(58-45)29-10-2/h37,44H,9-36,38-39H2,1-8H3/p+1. The van der Waals surface area contributed by atoms with Crippen LogP contribution in [0.1, 0.15) is 195 Å². The fourth-order valence-electron chi connectivity index (χ4n) is 7.44. The highest BCUT2D eigenvalue weighted by Gasteiger charge is 2.27. The molecule has 0 saturated heterocycles. The normalized spacial score (nSPS) is 13.4. The summed E-state index contributed by atoms with van der Waals surface area (Å²) in [4.78, 5) is 35.6. The smallest absolute Gasteiger partial charge is 0.466 e. The van der Waals surface area contributed by atoms with E-state index in [4.69, 9.17) is 27.4 Å².